The van der Waals surface area contributed by atoms with E-state index in [1.807, 2.05) is 30.6 Å². The SMILES string of the molecule is CC(C)c1cc2ncn(-c3ccccc3)c2cc1N. The van der Waals surface area contributed by atoms with Crippen molar-refractivity contribution in [3.05, 3.63) is 54.4 Å². The van der Waals surface area contributed by atoms with Gasteiger partial charge in [-0.2, -0.15) is 0 Å². The molecular formula is C16H17N3. The van der Waals surface area contributed by atoms with E-state index in [1.54, 1.807) is 0 Å². The van der Waals surface area contributed by atoms with Crippen molar-refractivity contribution in [2.45, 2.75) is 19.8 Å². The lowest BCUT2D eigenvalue weighted by Crippen LogP contribution is -1.98. The molecule has 0 saturated carbocycles. The summed E-state index contributed by atoms with van der Waals surface area (Å²) in [6, 6.07) is 14.3. The highest BCUT2D eigenvalue weighted by Crippen LogP contribution is 2.28. The zero-order valence-electron chi connectivity index (χ0n) is 11.2. The minimum atomic E-state index is 0.409. The zero-order chi connectivity index (χ0) is 13.4. The van der Waals surface area contributed by atoms with Crippen molar-refractivity contribution in [1.29, 1.82) is 0 Å². The second-order valence-corrected chi connectivity index (χ2v) is 5.07. The van der Waals surface area contributed by atoms with Crippen LogP contribution in [-0.2, 0) is 0 Å². The van der Waals surface area contributed by atoms with Gasteiger partial charge in [0.15, 0.2) is 0 Å². The summed E-state index contributed by atoms with van der Waals surface area (Å²) in [4.78, 5) is 4.49. The van der Waals surface area contributed by atoms with Crippen LogP contribution in [0.4, 0.5) is 5.69 Å². The molecule has 1 heterocycles. The van der Waals surface area contributed by atoms with Crippen LogP contribution in [0, 0.1) is 0 Å². The van der Waals surface area contributed by atoms with Crippen LogP contribution in [0.3, 0.4) is 0 Å². The summed E-state index contributed by atoms with van der Waals surface area (Å²) in [5.41, 5.74) is 11.3. The fraction of sp³-hybridized carbons (Fsp3) is 0.188. The van der Waals surface area contributed by atoms with Gasteiger partial charge in [0.1, 0.15) is 6.33 Å². The Morgan fingerprint density at radius 3 is 2.53 bits per heavy atom. The van der Waals surface area contributed by atoms with Crippen LogP contribution in [0.25, 0.3) is 16.7 Å². The van der Waals surface area contributed by atoms with Gasteiger partial charge in [-0.25, -0.2) is 4.98 Å². The maximum atomic E-state index is 6.15. The molecule has 1 aromatic heterocycles. The summed E-state index contributed by atoms with van der Waals surface area (Å²) in [7, 11) is 0. The maximum absolute atomic E-state index is 6.15. The molecule has 0 aliphatic heterocycles. The lowest BCUT2D eigenvalue weighted by Gasteiger charge is -2.10. The third-order valence-electron chi connectivity index (χ3n) is 3.41. The normalized spacial score (nSPS) is 11.3. The molecule has 0 amide bonds. The molecule has 0 spiro atoms. The average molecular weight is 251 g/mol. The van der Waals surface area contributed by atoms with Crippen LogP contribution in [0.1, 0.15) is 25.3 Å². The predicted molar refractivity (Wildman–Crippen MR) is 79.6 cm³/mol. The highest BCUT2D eigenvalue weighted by atomic mass is 15.0. The standard InChI is InChI=1S/C16H17N3/c1-11(2)13-8-15-16(9-14(13)17)19(10-18-15)12-6-4-3-5-7-12/h3-11H,17H2,1-2H3. The number of imidazole rings is 1. The van der Waals surface area contributed by atoms with Crippen molar-refractivity contribution >= 4 is 16.7 Å². The molecule has 0 bridgehead atoms. The number of nitrogens with zero attached hydrogens (tertiary/aromatic N) is 2. The molecule has 0 radical (unpaired) electrons. The van der Waals surface area contributed by atoms with Crippen LogP contribution in [0.15, 0.2) is 48.8 Å². The van der Waals surface area contributed by atoms with Gasteiger partial charge >= 0.3 is 0 Å². The summed E-state index contributed by atoms with van der Waals surface area (Å²) in [5.74, 6) is 0.409. The largest absolute Gasteiger partial charge is 0.398 e. The van der Waals surface area contributed by atoms with E-state index in [0.29, 0.717) is 5.92 Å². The number of aromatic nitrogens is 2. The Hall–Kier alpha value is -2.29. The predicted octanol–water partition coefficient (Wildman–Crippen LogP) is 3.73. The van der Waals surface area contributed by atoms with E-state index < -0.39 is 0 Å². The lowest BCUT2D eigenvalue weighted by atomic mass is 10.0. The Balaban J connectivity index is 2.22. The molecule has 3 heteroatoms. The molecule has 0 unspecified atom stereocenters. The van der Waals surface area contributed by atoms with Crippen molar-refractivity contribution in [1.82, 2.24) is 9.55 Å². The number of hydrogen-bond donors (Lipinski definition) is 1. The Labute approximate surface area is 112 Å². The topological polar surface area (TPSA) is 43.8 Å². The Bertz CT molecular complexity index is 711. The summed E-state index contributed by atoms with van der Waals surface area (Å²) in [5, 5.41) is 0. The summed E-state index contributed by atoms with van der Waals surface area (Å²) >= 11 is 0. The number of fused-ring (bicyclic) bond motifs is 1. The van der Waals surface area contributed by atoms with Crippen molar-refractivity contribution < 1.29 is 0 Å². The van der Waals surface area contributed by atoms with Crippen LogP contribution in [0.2, 0.25) is 0 Å². The average Bonchev–Trinajstić information content (AvgIpc) is 2.81. The number of rotatable bonds is 2. The summed E-state index contributed by atoms with van der Waals surface area (Å²) < 4.78 is 2.07. The van der Waals surface area contributed by atoms with E-state index >= 15 is 0 Å². The first-order chi connectivity index (χ1) is 9.16. The second-order valence-electron chi connectivity index (χ2n) is 5.07. The van der Waals surface area contributed by atoms with E-state index in [9.17, 15) is 0 Å². The number of nitrogens with two attached hydrogens (primary N) is 1. The first-order valence-electron chi connectivity index (χ1n) is 6.48. The smallest absolute Gasteiger partial charge is 0.100 e. The number of hydrogen-bond acceptors (Lipinski definition) is 2. The summed E-state index contributed by atoms with van der Waals surface area (Å²) in [6.07, 6.45) is 1.85. The molecule has 96 valence electrons. The third-order valence-corrected chi connectivity index (χ3v) is 3.41. The van der Waals surface area contributed by atoms with Gasteiger partial charge in [0.05, 0.1) is 11.0 Å². The Morgan fingerprint density at radius 2 is 1.84 bits per heavy atom. The van der Waals surface area contributed by atoms with Gasteiger partial charge in [-0.3, -0.25) is 4.57 Å². The number of anilines is 1. The molecule has 19 heavy (non-hydrogen) atoms. The van der Waals surface area contributed by atoms with E-state index in [1.165, 1.54) is 0 Å². The molecule has 0 aliphatic rings. The number of benzene rings is 2. The fourth-order valence-corrected chi connectivity index (χ4v) is 2.38. The quantitative estimate of drug-likeness (QED) is 0.705. The van der Waals surface area contributed by atoms with Gasteiger partial charge in [0.2, 0.25) is 0 Å². The van der Waals surface area contributed by atoms with E-state index in [4.69, 9.17) is 5.73 Å². The molecule has 0 atom stereocenters. The maximum Gasteiger partial charge on any atom is 0.100 e. The first kappa shape index (κ1) is 11.8. The molecule has 2 aromatic carbocycles. The number of para-hydroxylation sites is 1. The summed E-state index contributed by atoms with van der Waals surface area (Å²) in [6.45, 7) is 4.29. The Kier molecular flexibility index (Phi) is 2.75. The molecule has 2 N–H and O–H groups in total. The van der Waals surface area contributed by atoms with Crippen molar-refractivity contribution in [2.75, 3.05) is 5.73 Å². The highest BCUT2D eigenvalue weighted by Gasteiger charge is 2.10. The van der Waals surface area contributed by atoms with Crippen molar-refractivity contribution in [3.8, 4) is 5.69 Å². The van der Waals surface area contributed by atoms with E-state index in [-0.39, 0.29) is 0 Å². The minimum absolute atomic E-state index is 0.409. The number of nitrogen functional groups attached to an aromatic ring is 1. The molecular weight excluding hydrogens is 234 g/mol. The molecule has 3 rings (SSSR count). The van der Waals surface area contributed by atoms with Crippen LogP contribution in [0.5, 0.6) is 0 Å². The first-order valence-corrected chi connectivity index (χ1v) is 6.48. The third kappa shape index (κ3) is 1.97. The van der Waals surface area contributed by atoms with Gasteiger partial charge in [-0.15, -0.1) is 0 Å². The van der Waals surface area contributed by atoms with Gasteiger partial charge < -0.3 is 5.73 Å². The monoisotopic (exact) mass is 251 g/mol. The lowest BCUT2D eigenvalue weighted by molar-refractivity contribution is 0.871. The van der Waals surface area contributed by atoms with Crippen LogP contribution in [-0.4, -0.2) is 9.55 Å². The van der Waals surface area contributed by atoms with Crippen LogP contribution < -0.4 is 5.73 Å². The fourth-order valence-electron chi connectivity index (χ4n) is 2.38. The van der Waals surface area contributed by atoms with E-state index in [2.05, 4.69) is 41.6 Å². The second kappa shape index (κ2) is 4.43. The van der Waals surface area contributed by atoms with Crippen LogP contribution >= 0.6 is 0 Å². The van der Waals surface area contributed by atoms with Gasteiger partial charge in [0.25, 0.3) is 0 Å². The molecule has 0 aliphatic carbocycles. The highest BCUT2D eigenvalue weighted by molar-refractivity contribution is 5.82. The molecule has 3 nitrogen and oxygen atoms in total. The van der Waals surface area contributed by atoms with Gasteiger partial charge in [-0.05, 0) is 35.7 Å². The van der Waals surface area contributed by atoms with Crippen molar-refractivity contribution in [3.63, 3.8) is 0 Å². The minimum Gasteiger partial charge on any atom is -0.398 e. The molecule has 0 fully saturated rings. The van der Waals surface area contributed by atoms with Gasteiger partial charge in [0, 0.05) is 11.4 Å². The van der Waals surface area contributed by atoms with E-state index in [0.717, 1.165) is 28.0 Å². The zero-order valence-corrected chi connectivity index (χ0v) is 11.2. The molecule has 0 saturated heterocycles. The Morgan fingerprint density at radius 1 is 1.11 bits per heavy atom. The van der Waals surface area contributed by atoms with Gasteiger partial charge in [-0.1, -0.05) is 32.0 Å². The van der Waals surface area contributed by atoms with Crippen molar-refractivity contribution in [2.24, 2.45) is 0 Å². The molecule has 3 aromatic rings.